The zero-order chi connectivity index (χ0) is 7.52. The van der Waals surface area contributed by atoms with Crippen molar-refractivity contribution in [1.82, 2.24) is 5.32 Å². The molecule has 1 aliphatic heterocycles. The van der Waals surface area contributed by atoms with Gasteiger partial charge in [0, 0.05) is 12.1 Å². The molecule has 12 heavy (non-hydrogen) atoms. The van der Waals surface area contributed by atoms with E-state index >= 15 is 0 Å². The van der Waals surface area contributed by atoms with Crippen molar-refractivity contribution in [3.8, 4) is 0 Å². The van der Waals surface area contributed by atoms with E-state index in [0.29, 0.717) is 6.04 Å². The summed E-state index contributed by atoms with van der Waals surface area (Å²) in [5, 5.41) is 3.34. The van der Waals surface area contributed by atoms with Crippen LogP contribution in [0.1, 0.15) is 11.6 Å². The molecule has 0 bridgehead atoms. The summed E-state index contributed by atoms with van der Waals surface area (Å²) in [5.74, 6) is 0. The van der Waals surface area contributed by atoms with Crippen LogP contribution in [0.25, 0.3) is 0 Å². The van der Waals surface area contributed by atoms with E-state index in [9.17, 15) is 0 Å². The van der Waals surface area contributed by atoms with Crippen molar-refractivity contribution in [1.29, 1.82) is 0 Å². The molecule has 0 spiro atoms. The first-order chi connectivity index (χ1) is 5.47. The van der Waals surface area contributed by atoms with E-state index in [1.165, 1.54) is 5.56 Å². The summed E-state index contributed by atoms with van der Waals surface area (Å²) in [6, 6.07) is 2.29. The highest BCUT2D eigenvalue weighted by molar-refractivity contribution is 5.85. The standard InChI is InChI=1S/C8H11NO2.ClH/c1-3-10-5-7(1)8-6-11-4-2-9-8;/h1,3,5,8-9H,2,4,6H2;1H/t8-;/m0./s1. The lowest BCUT2D eigenvalue weighted by Gasteiger charge is -2.22. The summed E-state index contributed by atoms with van der Waals surface area (Å²) in [5.41, 5.74) is 1.17. The van der Waals surface area contributed by atoms with Gasteiger partial charge in [0.25, 0.3) is 0 Å². The van der Waals surface area contributed by atoms with Gasteiger partial charge in [0.2, 0.25) is 0 Å². The molecule has 2 heterocycles. The molecule has 1 N–H and O–H groups in total. The second kappa shape index (κ2) is 4.50. The minimum Gasteiger partial charge on any atom is -0.472 e. The smallest absolute Gasteiger partial charge is 0.0951 e. The maximum absolute atomic E-state index is 5.30. The number of rotatable bonds is 1. The van der Waals surface area contributed by atoms with Crippen LogP contribution >= 0.6 is 12.4 Å². The topological polar surface area (TPSA) is 34.4 Å². The molecular weight excluding hydrogens is 178 g/mol. The summed E-state index contributed by atoms with van der Waals surface area (Å²) >= 11 is 0. The van der Waals surface area contributed by atoms with Crippen LogP contribution in [0, 0.1) is 0 Å². The van der Waals surface area contributed by atoms with Gasteiger partial charge >= 0.3 is 0 Å². The monoisotopic (exact) mass is 189 g/mol. The molecule has 0 radical (unpaired) electrons. The van der Waals surface area contributed by atoms with E-state index in [0.717, 1.165) is 19.8 Å². The third kappa shape index (κ3) is 2.00. The number of nitrogens with one attached hydrogen (secondary N) is 1. The predicted octanol–water partition coefficient (Wildman–Crippen LogP) is 1.36. The zero-order valence-electron chi connectivity index (χ0n) is 6.66. The Bertz CT molecular complexity index is 207. The van der Waals surface area contributed by atoms with Gasteiger partial charge in [-0.05, 0) is 6.07 Å². The van der Waals surface area contributed by atoms with E-state index < -0.39 is 0 Å². The van der Waals surface area contributed by atoms with Gasteiger partial charge in [-0.2, -0.15) is 0 Å². The number of halogens is 1. The van der Waals surface area contributed by atoms with Gasteiger partial charge in [-0.3, -0.25) is 0 Å². The fourth-order valence-corrected chi connectivity index (χ4v) is 1.25. The Morgan fingerprint density at radius 2 is 2.42 bits per heavy atom. The summed E-state index contributed by atoms with van der Waals surface area (Å²) in [6.45, 7) is 2.49. The number of hydrogen-bond donors (Lipinski definition) is 1. The predicted molar refractivity (Wildman–Crippen MR) is 47.5 cm³/mol. The largest absolute Gasteiger partial charge is 0.472 e. The lowest BCUT2D eigenvalue weighted by Crippen LogP contribution is -2.34. The zero-order valence-corrected chi connectivity index (χ0v) is 7.47. The molecule has 1 aromatic heterocycles. The van der Waals surface area contributed by atoms with Crippen molar-refractivity contribution in [2.45, 2.75) is 6.04 Å². The van der Waals surface area contributed by atoms with Gasteiger partial charge in [0.1, 0.15) is 0 Å². The van der Waals surface area contributed by atoms with Crippen LogP contribution in [0.3, 0.4) is 0 Å². The lowest BCUT2D eigenvalue weighted by molar-refractivity contribution is 0.0767. The summed E-state index contributed by atoms with van der Waals surface area (Å²) in [6.07, 6.45) is 3.44. The van der Waals surface area contributed by atoms with Crippen LogP contribution in [-0.2, 0) is 4.74 Å². The Morgan fingerprint density at radius 3 is 3.00 bits per heavy atom. The fraction of sp³-hybridized carbons (Fsp3) is 0.500. The van der Waals surface area contributed by atoms with Crippen molar-refractivity contribution in [2.75, 3.05) is 19.8 Å². The molecule has 0 aromatic carbocycles. The second-order valence-electron chi connectivity index (χ2n) is 2.64. The molecule has 1 fully saturated rings. The van der Waals surface area contributed by atoms with Gasteiger partial charge in [-0.1, -0.05) is 0 Å². The summed E-state index contributed by atoms with van der Waals surface area (Å²) < 4.78 is 10.3. The molecule has 0 aliphatic carbocycles. The van der Waals surface area contributed by atoms with Gasteiger partial charge in [-0.15, -0.1) is 12.4 Å². The lowest BCUT2D eigenvalue weighted by atomic mass is 10.1. The Labute approximate surface area is 77.5 Å². The van der Waals surface area contributed by atoms with Crippen molar-refractivity contribution >= 4 is 12.4 Å². The van der Waals surface area contributed by atoms with Crippen LogP contribution in [0.2, 0.25) is 0 Å². The van der Waals surface area contributed by atoms with Crippen molar-refractivity contribution in [3.05, 3.63) is 24.2 Å². The molecule has 1 atom stereocenters. The number of ether oxygens (including phenoxy) is 1. The average Bonchev–Trinajstić information content (AvgIpc) is 2.58. The third-order valence-corrected chi connectivity index (χ3v) is 1.87. The highest BCUT2D eigenvalue weighted by Gasteiger charge is 2.15. The van der Waals surface area contributed by atoms with E-state index in [2.05, 4.69) is 5.32 Å². The van der Waals surface area contributed by atoms with Crippen molar-refractivity contribution < 1.29 is 9.15 Å². The van der Waals surface area contributed by atoms with E-state index in [1.54, 1.807) is 12.5 Å². The molecule has 68 valence electrons. The fourth-order valence-electron chi connectivity index (χ4n) is 1.25. The van der Waals surface area contributed by atoms with Crippen molar-refractivity contribution in [3.63, 3.8) is 0 Å². The molecular formula is C8H12ClNO2. The molecule has 2 rings (SSSR count). The van der Waals surface area contributed by atoms with Crippen LogP contribution in [0.15, 0.2) is 23.0 Å². The SMILES string of the molecule is Cl.c1cc([C@@H]2COCCN2)co1. The highest BCUT2D eigenvalue weighted by Crippen LogP contribution is 2.15. The quantitative estimate of drug-likeness (QED) is 0.725. The molecule has 1 aliphatic rings. The average molecular weight is 190 g/mol. The molecule has 4 heteroatoms. The van der Waals surface area contributed by atoms with Crippen LogP contribution in [0.4, 0.5) is 0 Å². The van der Waals surface area contributed by atoms with Gasteiger partial charge < -0.3 is 14.5 Å². The first kappa shape index (κ1) is 9.58. The molecule has 0 saturated carbocycles. The first-order valence-electron chi connectivity index (χ1n) is 3.80. The Kier molecular flexibility index (Phi) is 3.59. The Morgan fingerprint density at radius 1 is 1.50 bits per heavy atom. The van der Waals surface area contributed by atoms with E-state index in [-0.39, 0.29) is 12.4 Å². The minimum absolute atomic E-state index is 0. The molecule has 1 aromatic rings. The maximum atomic E-state index is 5.30. The van der Waals surface area contributed by atoms with Crippen LogP contribution < -0.4 is 5.32 Å². The normalized spacial score (nSPS) is 23.2. The molecule has 1 saturated heterocycles. The van der Waals surface area contributed by atoms with Gasteiger partial charge in [0.15, 0.2) is 0 Å². The van der Waals surface area contributed by atoms with Crippen LogP contribution in [-0.4, -0.2) is 19.8 Å². The van der Waals surface area contributed by atoms with Gasteiger partial charge in [-0.25, -0.2) is 0 Å². The number of morpholine rings is 1. The third-order valence-electron chi connectivity index (χ3n) is 1.87. The number of furan rings is 1. The number of hydrogen-bond acceptors (Lipinski definition) is 3. The molecule has 3 nitrogen and oxygen atoms in total. The highest BCUT2D eigenvalue weighted by atomic mass is 35.5. The van der Waals surface area contributed by atoms with Crippen LogP contribution in [0.5, 0.6) is 0 Å². The van der Waals surface area contributed by atoms with E-state index in [4.69, 9.17) is 9.15 Å². The second-order valence-corrected chi connectivity index (χ2v) is 2.64. The Balaban J connectivity index is 0.000000720. The molecule has 0 unspecified atom stereocenters. The first-order valence-corrected chi connectivity index (χ1v) is 3.80. The maximum Gasteiger partial charge on any atom is 0.0951 e. The summed E-state index contributed by atoms with van der Waals surface area (Å²) in [7, 11) is 0. The summed E-state index contributed by atoms with van der Waals surface area (Å²) in [4.78, 5) is 0. The minimum atomic E-state index is 0. The molecule has 0 amide bonds. The van der Waals surface area contributed by atoms with E-state index in [1.807, 2.05) is 6.07 Å². The van der Waals surface area contributed by atoms with Crippen molar-refractivity contribution in [2.24, 2.45) is 0 Å². The Hall–Kier alpha value is -0.510. The van der Waals surface area contributed by atoms with Gasteiger partial charge in [0.05, 0.1) is 31.8 Å².